The van der Waals surface area contributed by atoms with Crippen molar-refractivity contribution in [2.24, 2.45) is 11.6 Å². The molecule has 0 aliphatic carbocycles. The molecular weight excluding hydrogens is 485 g/mol. The lowest BCUT2D eigenvalue weighted by Crippen LogP contribution is -2.27. The van der Waals surface area contributed by atoms with Crippen molar-refractivity contribution in [2.45, 2.75) is 20.0 Å². The van der Waals surface area contributed by atoms with Gasteiger partial charge in [-0.3, -0.25) is 14.9 Å². The van der Waals surface area contributed by atoms with E-state index in [9.17, 15) is 18.0 Å². The Morgan fingerprint density at radius 1 is 1.19 bits per heavy atom. The van der Waals surface area contributed by atoms with Gasteiger partial charge in [-0.2, -0.15) is 18.3 Å². The monoisotopic (exact) mass is 516 g/mol. The van der Waals surface area contributed by atoms with Crippen LogP contribution in [0.1, 0.15) is 32.7 Å². The summed E-state index contributed by atoms with van der Waals surface area (Å²) in [5.41, 5.74) is 8.93. The molecule has 0 unspecified atom stereocenters. The Bertz CT molecular complexity index is 1290. The number of nitrogens with one attached hydrogen (secondary N) is 3. The Kier molecular flexibility index (Phi) is 8.46. The number of rotatable bonds is 9. The SMILES string of the molecule is CNCCN(C)c1cc(NC(=O)c2ccc(C)c(N(N)/C=C(\N)c3cn[nH]c3C)c2)cc(C(F)(F)F)c1. The van der Waals surface area contributed by atoms with Gasteiger partial charge in [0.25, 0.3) is 5.91 Å². The van der Waals surface area contributed by atoms with E-state index >= 15 is 0 Å². The van der Waals surface area contributed by atoms with Crippen LogP contribution < -0.4 is 32.1 Å². The van der Waals surface area contributed by atoms with Crippen LogP contribution in [0.2, 0.25) is 0 Å². The predicted octanol–water partition coefficient (Wildman–Crippen LogP) is 3.59. The average molecular weight is 517 g/mol. The maximum absolute atomic E-state index is 13.6. The highest BCUT2D eigenvalue weighted by atomic mass is 19.4. The number of halogens is 3. The highest BCUT2D eigenvalue weighted by Crippen LogP contribution is 2.34. The molecule has 0 radical (unpaired) electrons. The second kappa shape index (κ2) is 11.4. The maximum Gasteiger partial charge on any atom is 0.416 e. The number of nitrogens with zero attached hydrogens (tertiary/aromatic N) is 3. The number of amides is 1. The minimum Gasteiger partial charge on any atom is -0.397 e. The van der Waals surface area contributed by atoms with E-state index in [-0.39, 0.29) is 11.3 Å². The van der Waals surface area contributed by atoms with Crippen molar-refractivity contribution in [3.8, 4) is 0 Å². The number of aryl methyl sites for hydroxylation is 2. The summed E-state index contributed by atoms with van der Waals surface area (Å²) in [6.07, 6.45) is -1.50. The molecule has 198 valence electrons. The average Bonchev–Trinajstić information content (AvgIpc) is 3.27. The molecule has 12 heteroatoms. The molecule has 0 fully saturated rings. The molecule has 3 aromatic rings. The molecule has 1 aromatic heterocycles. The summed E-state index contributed by atoms with van der Waals surface area (Å²) in [5, 5.41) is 13.6. The van der Waals surface area contributed by atoms with Gasteiger partial charge in [0, 0.05) is 54.5 Å². The van der Waals surface area contributed by atoms with Gasteiger partial charge in [-0.1, -0.05) is 6.07 Å². The van der Waals surface area contributed by atoms with Gasteiger partial charge in [0.15, 0.2) is 0 Å². The van der Waals surface area contributed by atoms with E-state index in [2.05, 4.69) is 20.8 Å². The molecule has 0 saturated heterocycles. The molecule has 0 spiro atoms. The highest BCUT2D eigenvalue weighted by molar-refractivity contribution is 6.05. The van der Waals surface area contributed by atoms with Crippen LogP contribution in [0.5, 0.6) is 0 Å². The van der Waals surface area contributed by atoms with Crippen molar-refractivity contribution in [2.75, 3.05) is 42.4 Å². The molecule has 1 heterocycles. The first-order chi connectivity index (χ1) is 17.4. The topological polar surface area (TPSA) is 128 Å². The van der Waals surface area contributed by atoms with Crippen molar-refractivity contribution in [1.82, 2.24) is 15.5 Å². The fourth-order valence-electron chi connectivity index (χ4n) is 3.64. The third kappa shape index (κ3) is 6.80. The van der Waals surface area contributed by atoms with Gasteiger partial charge in [0.1, 0.15) is 0 Å². The van der Waals surface area contributed by atoms with Gasteiger partial charge in [-0.25, -0.2) is 5.84 Å². The summed E-state index contributed by atoms with van der Waals surface area (Å²) >= 11 is 0. The Balaban J connectivity index is 1.88. The number of hydrazine groups is 1. The fourth-order valence-corrected chi connectivity index (χ4v) is 3.64. The molecule has 9 nitrogen and oxygen atoms in total. The smallest absolute Gasteiger partial charge is 0.397 e. The lowest BCUT2D eigenvalue weighted by atomic mass is 10.1. The first-order valence-electron chi connectivity index (χ1n) is 11.4. The molecule has 0 bridgehead atoms. The van der Waals surface area contributed by atoms with Crippen molar-refractivity contribution < 1.29 is 18.0 Å². The Hall–Kier alpha value is -4.03. The summed E-state index contributed by atoms with van der Waals surface area (Å²) < 4.78 is 40.7. The van der Waals surface area contributed by atoms with E-state index in [0.717, 1.165) is 23.4 Å². The normalized spacial score (nSPS) is 11.9. The highest BCUT2D eigenvalue weighted by Gasteiger charge is 2.31. The van der Waals surface area contributed by atoms with Gasteiger partial charge in [-0.15, -0.1) is 0 Å². The quantitative estimate of drug-likeness (QED) is 0.217. The van der Waals surface area contributed by atoms with Crippen LogP contribution in [0.3, 0.4) is 0 Å². The molecule has 0 aliphatic heterocycles. The number of hydrogen-bond acceptors (Lipinski definition) is 7. The first kappa shape index (κ1) is 27.6. The van der Waals surface area contributed by atoms with Gasteiger partial charge < -0.3 is 21.3 Å². The van der Waals surface area contributed by atoms with E-state index in [1.165, 1.54) is 17.3 Å². The zero-order valence-electron chi connectivity index (χ0n) is 21.1. The van der Waals surface area contributed by atoms with Crippen molar-refractivity contribution >= 4 is 28.7 Å². The van der Waals surface area contributed by atoms with Crippen LogP contribution >= 0.6 is 0 Å². The third-order valence-electron chi connectivity index (χ3n) is 5.81. The van der Waals surface area contributed by atoms with Crippen LogP contribution in [-0.2, 0) is 6.18 Å². The predicted molar refractivity (Wildman–Crippen MR) is 140 cm³/mol. The molecule has 1 amide bonds. The Morgan fingerprint density at radius 2 is 1.92 bits per heavy atom. The van der Waals surface area contributed by atoms with Crippen molar-refractivity contribution in [1.29, 1.82) is 0 Å². The third-order valence-corrected chi connectivity index (χ3v) is 5.81. The van der Waals surface area contributed by atoms with E-state index in [0.29, 0.717) is 35.7 Å². The summed E-state index contributed by atoms with van der Waals surface area (Å²) in [6, 6.07) is 8.28. The number of carbonyl (C=O) groups is 1. The first-order valence-corrected chi connectivity index (χ1v) is 11.4. The number of H-pyrrole nitrogens is 1. The second-order valence-corrected chi connectivity index (χ2v) is 8.65. The largest absolute Gasteiger partial charge is 0.416 e. The van der Waals surface area contributed by atoms with Crippen molar-refractivity contribution in [3.05, 3.63) is 76.7 Å². The molecule has 2 aromatic carbocycles. The summed E-state index contributed by atoms with van der Waals surface area (Å²) in [5.74, 6) is 5.63. The zero-order valence-corrected chi connectivity index (χ0v) is 21.1. The minimum atomic E-state index is -4.57. The standard InChI is InChI=1S/C25H31F3N8O/c1-15-5-6-17(9-23(15)36(30)14-22(29)21-13-32-34-16(21)2)24(37)33-19-10-18(25(26,27)28)11-20(12-19)35(4)8-7-31-3/h5-6,9-14,31H,7-8,29-30H2,1-4H3,(H,32,34)(H,33,37)/b22-14-. The molecule has 7 N–H and O–H groups in total. The number of aromatic amines is 1. The second-order valence-electron chi connectivity index (χ2n) is 8.65. The lowest BCUT2D eigenvalue weighted by molar-refractivity contribution is -0.137. The molecule has 0 saturated carbocycles. The van der Waals surface area contributed by atoms with Gasteiger partial charge in [0.05, 0.1) is 23.1 Å². The Labute approximate surface area is 213 Å². The summed E-state index contributed by atoms with van der Waals surface area (Å²) in [6.45, 7) is 4.69. The van der Waals surface area contributed by atoms with Gasteiger partial charge >= 0.3 is 6.18 Å². The van der Waals surface area contributed by atoms with Crippen LogP contribution in [0, 0.1) is 13.8 Å². The summed E-state index contributed by atoms with van der Waals surface area (Å²) in [7, 11) is 3.44. The molecule has 3 rings (SSSR count). The van der Waals surface area contributed by atoms with E-state index < -0.39 is 17.6 Å². The molecule has 0 atom stereocenters. The van der Waals surface area contributed by atoms with Crippen LogP contribution in [0.25, 0.3) is 5.70 Å². The number of nitrogens with two attached hydrogens (primary N) is 2. The van der Waals surface area contributed by atoms with Gasteiger partial charge in [0.2, 0.25) is 0 Å². The number of likely N-dealkylation sites (N-methyl/N-ethyl adjacent to an activating group) is 2. The van der Waals surface area contributed by atoms with E-state index in [4.69, 9.17) is 11.6 Å². The van der Waals surface area contributed by atoms with Crippen molar-refractivity contribution in [3.63, 3.8) is 0 Å². The van der Waals surface area contributed by atoms with Crippen LogP contribution in [0.15, 0.2) is 48.8 Å². The number of carbonyl (C=O) groups excluding carboxylic acids is 1. The fraction of sp³-hybridized carbons (Fsp3) is 0.280. The summed E-state index contributed by atoms with van der Waals surface area (Å²) in [4.78, 5) is 14.7. The Morgan fingerprint density at radius 3 is 2.54 bits per heavy atom. The molecule has 37 heavy (non-hydrogen) atoms. The maximum atomic E-state index is 13.6. The number of benzene rings is 2. The molecule has 0 aliphatic rings. The number of anilines is 3. The number of alkyl halides is 3. The number of hydrogen-bond donors (Lipinski definition) is 5. The minimum absolute atomic E-state index is 0.0254. The van der Waals surface area contributed by atoms with Crippen LogP contribution in [0.4, 0.5) is 30.2 Å². The lowest BCUT2D eigenvalue weighted by Gasteiger charge is -2.22. The number of aromatic nitrogens is 2. The van der Waals surface area contributed by atoms with E-state index in [1.807, 2.05) is 13.8 Å². The zero-order chi connectivity index (χ0) is 27.3. The van der Waals surface area contributed by atoms with Crippen LogP contribution in [-0.4, -0.2) is 43.3 Å². The molecular formula is C25H31F3N8O. The van der Waals surface area contributed by atoms with E-state index in [1.54, 1.807) is 43.4 Å². The van der Waals surface area contributed by atoms with Gasteiger partial charge in [-0.05, 0) is 56.8 Å².